The van der Waals surface area contributed by atoms with Gasteiger partial charge in [-0.2, -0.15) is 0 Å². The number of hydrogen-bond donors (Lipinski definition) is 1. The Hall–Kier alpha value is -1.42. The average Bonchev–Trinajstić information content (AvgIpc) is 3.17. The standard InChI is InChI=1S/C15H20N4/c1-2-5-12(4-1)19-14(11-7-9-16-10-11)18-13-6-3-8-17-15(13)19/h3,6,8,11-12,16H,1-2,4-5,7,9-10H2. The summed E-state index contributed by atoms with van der Waals surface area (Å²) in [4.78, 5) is 9.50. The summed E-state index contributed by atoms with van der Waals surface area (Å²) in [5.74, 6) is 1.83. The highest BCUT2D eigenvalue weighted by Gasteiger charge is 2.28. The van der Waals surface area contributed by atoms with E-state index >= 15 is 0 Å². The van der Waals surface area contributed by atoms with Crippen LogP contribution in [0.1, 0.15) is 49.9 Å². The number of pyridine rings is 1. The molecule has 2 aromatic heterocycles. The highest BCUT2D eigenvalue weighted by Crippen LogP contribution is 2.36. The zero-order chi connectivity index (χ0) is 12.7. The highest BCUT2D eigenvalue weighted by molar-refractivity contribution is 5.71. The molecule has 3 heterocycles. The van der Waals surface area contributed by atoms with Gasteiger partial charge in [-0.15, -0.1) is 0 Å². The summed E-state index contributed by atoms with van der Waals surface area (Å²) in [7, 11) is 0. The van der Waals surface area contributed by atoms with Crippen molar-refractivity contribution in [1.29, 1.82) is 0 Å². The second-order valence-electron chi connectivity index (χ2n) is 5.81. The molecule has 19 heavy (non-hydrogen) atoms. The first-order valence-electron chi connectivity index (χ1n) is 7.47. The molecule has 0 amide bonds. The Morgan fingerprint density at radius 3 is 2.89 bits per heavy atom. The molecule has 1 saturated carbocycles. The lowest BCUT2D eigenvalue weighted by Gasteiger charge is -2.18. The van der Waals surface area contributed by atoms with Crippen LogP contribution in [0.15, 0.2) is 18.3 Å². The maximum absolute atomic E-state index is 4.90. The summed E-state index contributed by atoms with van der Waals surface area (Å²) in [6, 6.07) is 4.71. The van der Waals surface area contributed by atoms with Crippen molar-refractivity contribution in [2.45, 2.75) is 44.1 Å². The van der Waals surface area contributed by atoms with Gasteiger partial charge in [0.05, 0.1) is 0 Å². The molecule has 1 N–H and O–H groups in total. The third-order valence-corrected chi connectivity index (χ3v) is 4.59. The van der Waals surface area contributed by atoms with Gasteiger partial charge in [-0.3, -0.25) is 0 Å². The average molecular weight is 256 g/mol. The normalized spacial score (nSPS) is 24.5. The molecule has 2 aliphatic rings. The van der Waals surface area contributed by atoms with Gasteiger partial charge in [-0.25, -0.2) is 9.97 Å². The maximum Gasteiger partial charge on any atom is 0.160 e. The van der Waals surface area contributed by atoms with Gasteiger partial charge in [0.2, 0.25) is 0 Å². The molecule has 1 aliphatic heterocycles. The lowest BCUT2D eigenvalue weighted by atomic mass is 10.1. The molecule has 1 aliphatic carbocycles. The molecule has 100 valence electrons. The van der Waals surface area contributed by atoms with Crippen LogP contribution in [-0.4, -0.2) is 27.6 Å². The van der Waals surface area contributed by atoms with Crippen molar-refractivity contribution in [2.75, 3.05) is 13.1 Å². The van der Waals surface area contributed by atoms with Gasteiger partial charge < -0.3 is 9.88 Å². The topological polar surface area (TPSA) is 42.7 Å². The SMILES string of the molecule is c1cnc2c(c1)nc(C1CCNC1)n2C1CCCC1. The van der Waals surface area contributed by atoms with Crippen molar-refractivity contribution in [3.63, 3.8) is 0 Å². The fraction of sp³-hybridized carbons (Fsp3) is 0.600. The molecule has 4 rings (SSSR count). The first-order valence-corrected chi connectivity index (χ1v) is 7.47. The van der Waals surface area contributed by atoms with Crippen LogP contribution in [0.3, 0.4) is 0 Å². The highest BCUT2D eigenvalue weighted by atomic mass is 15.2. The van der Waals surface area contributed by atoms with Crippen molar-refractivity contribution >= 4 is 11.2 Å². The lowest BCUT2D eigenvalue weighted by Crippen LogP contribution is -2.15. The number of hydrogen-bond acceptors (Lipinski definition) is 3. The molecule has 1 saturated heterocycles. The number of fused-ring (bicyclic) bond motifs is 1. The Bertz CT molecular complexity index is 577. The third-order valence-electron chi connectivity index (χ3n) is 4.59. The number of imidazole rings is 1. The van der Waals surface area contributed by atoms with Crippen LogP contribution in [0.2, 0.25) is 0 Å². The monoisotopic (exact) mass is 256 g/mol. The van der Waals surface area contributed by atoms with Crippen LogP contribution in [-0.2, 0) is 0 Å². The molecule has 2 aromatic rings. The summed E-state index contributed by atoms with van der Waals surface area (Å²) in [6.07, 6.45) is 8.37. The molecule has 0 radical (unpaired) electrons. The van der Waals surface area contributed by atoms with E-state index in [9.17, 15) is 0 Å². The molecule has 1 unspecified atom stereocenters. The van der Waals surface area contributed by atoms with Gasteiger partial charge >= 0.3 is 0 Å². The van der Waals surface area contributed by atoms with Crippen molar-refractivity contribution in [3.8, 4) is 0 Å². The molecule has 4 nitrogen and oxygen atoms in total. The largest absolute Gasteiger partial charge is 0.316 e. The van der Waals surface area contributed by atoms with Gasteiger partial charge in [-0.1, -0.05) is 12.8 Å². The van der Waals surface area contributed by atoms with Gasteiger partial charge in [0.1, 0.15) is 11.3 Å². The number of aromatic nitrogens is 3. The summed E-state index contributed by atoms with van der Waals surface area (Å²) in [5, 5.41) is 3.46. The summed E-state index contributed by atoms with van der Waals surface area (Å²) in [6.45, 7) is 2.18. The Morgan fingerprint density at radius 1 is 1.21 bits per heavy atom. The van der Waals surface area contributed by atoms with E-state index in [-0.39, 0.29) is 0 Å². The molecular weight excluding hydrogens is 236 g/mol. The predicted molar refractivity (Wildman–Crippen MR) is 75.3 cm³/mol. The van der Waals surface area contributed by atoms with Crippen LogP contribution < -0.4 is 5.32 Å². The van der Waals surface area contributed by atoms with Gasteiger partial charge in [0.25, 0.3) is 0 Å². The Balaban J connectivity index is 1.87. The number of nitrogens with zero attached hydrogens (tertiary/aromatic N) is 3. The Morgan fingerprint density at radius 2 is 2.11 bits per heavy atom. The summed E-state index contributed by atoms with van der Waals surface area (Å²) in [5.41, 5.74) is 2.16. The minimum absolute atomic E-state index is 0.565. The van der Waals surface area contributed by atoms with E-state index in [1.807, 2.05) is 12.3 Å². The van der Waals surface area contributed by atoms with Crippen LogP contribution in [0.25, 0.3) is 11.2 Å². The van der Waals surface area contributed by atoms with Gasteiger partial charge in [0.15, 0.2) is 5.65 Å². The lowest BCUT2D eigenvalue weighted by molar-refractivity contribution is 0.489. The van der Waals surface area contributed by atoms with Gasteiger partial charge in [-0.05, 0) is 37.9 Å². The predicted octanol–water partition coefficient (Wildman–Crippen LogP) is 2.62. The van der Waals surface area contributed by atoms with E-state index in [1.165, 1.54) is 37.9 Å². The van der Waals surface area contributed by atoms with E-state index in [2.05, 4.69) is 20.9 Å². The van der Waals surface area contributed by atoms with E-state index in [4.69, 9.17) is 4.98 Å². The second kappa shape index (κ2) is 4.60. The fourth-order valence-electron chi connectivity index (χ4n) is 3.63. The minimum Gasteiger partial charge on any atom is -0.316 e. The first-order chi connectivity index (χ1) is 9.43. The van der Waals surface area contributed by atoms with Crippen LogP contribution in [0.4, 0.5) is 0 Å². The van der Waals surface area contributed by atoms with Crippen molar-refractivity contribution < 1.29 is 0 Å². The third kappa shape index (κ3) is 1.86. The molecule has 1 atom stereocenters. The fourth-order valence-corrected chi connectivity index (χ4v) is 3.63. The number of nitrogens with one attached hydrogen (secondary N) is 1. The Kier molecular flexibility index (Phi) is 2.76. The molecule has 0 bridgehead atoms. The molecular formula is C15H20N4. The quantitative estimate of drug-likeness (QED) is 0.898. The van der Waals surface area contributed by atoms with Gasteiger partial charge in [0, 0.05) is 24.7 Å². The van der Waals surface area contributed by atoms with Crippen molar-refractivity contribution in [3.05, 3.63) is 24.2 Å². The van der Waals surface area contributed by atoms with E-state index in [0.29, 0.717) is 12.0 Å². The van der Waals surface area contributed by atoms with Crippen LogP contribution in [0.5, 0.6) is 0 Å². The van der Waals surface area contributed by atoms with E-state index < -0.39 is 0 Å². The second-order valence-corrected chi connectivity index (χ2v) is 5.81. The zero-order valence-electron chi connectivity index (χ0n) is 11.2. The molecule has 2 fully saturated rings. The molecule has 0 aromatic carbocycles. The van der Waals surface area contributed by atoms with Crippen molar-refractivity contribution in [1.82, 2.24) is 19.9 Å². The number of rotatable bonds is 2. The zero-order valence-corrected chi connectivity index (χ0v) is 11.2. The smallest absolute Gasteiger partial charge is 0.160 e. The summed E-state index contributed by atoms with van der Waals surface area (Å²) < 4.78 is 2.46. The maximum atomic E-state index is 4.90. The molecule has 0 spiro atoms. The minimum atomic E-state index is 0.565. The van der Waals surface area contributed by atoms with E-state index in [1.54, 1.807) is 0 Å². The van der Waals surface area contributed by atoms with Crippen LogP contribution >= 0.6 is 0 Å². The summed E-state index contributed by atoms with van der Waals surface area (Å²) >= 11 is 0. The first kappa shape index (κ1) is 11.4. The Labute approximate surface area is 113 Å². The molecule has 4 heteroatoms. The van der Waals surface area contributed by atoms with Crippen LogP contribution in [0, 0.1) is 0 Å². The van der Waals surface area contributed by atoms with Crippen molar-refractivity contribution in [2.24, 2.45) is 0 Å². The van der Waals surface area contributed by atoms with E-state index in [0.717, 1.165) is 24.3 Å².